The molecule has 0 bridgehead atoms. The molecule has 0 saturated carbocycles. The number of rotatable bonds is 1. The van der Waals surface area contributed by atoms with Crippen molar-refractivity contribution in [1.29, 1.82) is 0 Å². The lowest BCUT2D eigenvalue weighted by Crippen LogP contribution is -2.55. The van der Waals surface area contributed by atoms with Crippen LogP contribution in [0.15, 0.2) is 0 Å². The minimum atomic E-state index is 0.372. The molecule has 2 fully saturated rings. The van der Waals surface area contributed by atoms with E-state index in [-0.39, 0.29) is 0 Å². The van der Waals surface area contributed by atoms with Crippen LogP contribution in [0.1, 0.15) is 39.0 Å². The van der Waals surface area contributed by atoms with Gasteiger partial charge in [0.1, 0.15) is 0 Å². The standard InChI is InChI=1S/C11H20N2O/c1-9-10(5-4-7-12-9)13-8-3-2-6-11(13)14/h9-10,12H,2-8H2,1H3. The fourth-order valence-electron chi connectivity index (χ4n) is 2.63. The van der Waals surface area contributed by atoms with Crippen LogP contribution in [-0.4, -0.2) is 36.0 Å². The highest BCUT2D eigenvalue weighted by atomic mass is 16.2. The van der Waals surface area contributed by atoms with Gasteiger partial charge in [-0.05, 0) is 39.2 Å². The molecule has 3 heteroatoms. The Morgan fingerprint density at radius 2 is 2.21 bits per heavy atom. The van der Waals surface area contributed by atoms with Crippen LogP contribution in [0.4, 0.5) is 0 Å². The second-order valence-corrected chi connectivity index (χ2v) is 4.50. The minimum absolute atomic E-state index is 0.372. The van der Waals surface area contributed by atoms with Gasteiger partial charge in [0.05, 0.1) is 0 Å². The zero-order chi connectivity index (χ0) is 9.97. The molecular weight excluding hydrogens is 176 g/mol. The summed E-state index contributed by atoms with van der Waals surface area (Å²) in [4.78, 5) is 13.8. The summed E-state index contributed by atoms with van der Waals surface area (Å²) in [6.07, 6.45) is 5.43. The van der Waals surface area contributed by atoms with Crippen LogP contribution in [0.3, 0.4) is 0 Å². The number of carbonyl (C=O) groups is 1. The third-order valence-electron chi connectivity index (χ3n) is 3.48. The van der Waals surface area contributed by atoms with Crippen LogP contribution in [0.25, 0.3) is 0 Å². The molecule has 2 aliphatic rings. The van der Waals surface area contributed by atoms with Crippen molar-refractivity contribution < 1.29 is 4.79 Å². The van der Waals surface area contributed by atoms with Crippen LogP contribution in [0, 0.1) is 0 Å². The number of carbonyl (C=O) groups excluding carboxylic acids is 1. The lowest BCUT2D eigenvalue weighted by Gasteiger charge is -2.41. The molecule has 2 heterocycles. The molecule has 2 saturated heterocycles. The number of nitrogens with zero attached hydrogens (tertiary/aromatic N) is 1. The van der Waals surface area contributed by atoms with Crippen molar-refractivity contribution in [1.82, 2.24) is 10.2 Å². The molecule has 2 unspecified atom stereocenters. The van der Waals surface area contributed by atoms with Crippen LogP contribution in [-0.2, 0) is 4.79 Å². The largest absolute Gasteiger partial charge is 0.338 e. The Kier molecular flexibility index (Phi) is 3.06. The molecule has 80 valence electrons. The maximum atomic E-state index is 11.7. The molecular formula is C11H20N2O. The molecule has 2 atom stereocenters. The van der Waals surface area contributed by atoms with Crippen LogP contribution in [0.5, 0.6) is 0 Å². The van der Waals surface area contributed by atoms with Gasteiger partial charge in [0.2, 0.25) is 5.91 Å². The van der Waals surface area contributed by atoms with E-state index in [4.69, 9.17) is 0 Å². The molecule has 14 heavy (non-hydrogen) atoms. The van der Waals surface area contributed by atoms with Crippen molar-refractivity contribution in [2.45, 2.75) is 51.1 Å². The normalized spacial score (nSPS) is 34.6. The molecule has 0 radical (unpaired) electrons. The average Bonchev–Trinajstić information content (AvgIpc) is 2.20. The monoisotopic (exact) mass is 196 g/mol. The topological polar surface area (TPSA) is 32.3 Å². The van der Waals surface area contributed by atoms with Crippen LogP contribution < -0.4 is 5.32 Å². The minimum Gasteiger partial charge on any atom is -0.338 e. The Morgan fingerprint density at radius 1 is 1.36 bits per heavy atom. The van der Waals surface area contributed by atoms with Gasteiger partial charge in [0.25, 0.3) is 0 Å². The van der Waals surface area contributed by atoms with E-state index in [1.807, 2.05) is 0 Å². The zero-order valence-electron chi connectivity index (χ0n) is 8.96. The van der Waals surface area contributed by atoms with Gasteiger partial charge in [-0.25, -0.2) is 0 Å². The van der Waals surface area contributed by atoms with Gasteiger partial charge in [-0.15, -0.1) is 0 Å². The van der Waals surface area contributed by atoms with E-state index in [0.717, 1.165) is 25.9 Å². The van der Waals surface area contributed by atoms with E-state index in [2.05, 4.69) is 17.1 Å². The number of amides is 1. The Morgan fingerprint density at radius 3 is 2.93 bits per heavy atom. The average molecular weight is 196 g/mol. The fraction of sp³-hybridized carbons (Fsp3) is 0.909. The van der Waals surface area contributed by atoms with E-state index in [1.165, 1.54) is 19.3 Å². The maximum Gasteiger partial charge on any atom is 0.222 e. The molecule has 1 N–H and O–H groups in total. The summed E-state index contributed by atoms with van der Waals surface area (Å²) in [6.45, 7) is 4.29. The van der Waals surface area contributed by atoms with E-state index >= 15 is 0 Å². The van der Waals surface area contributed by atoms with E-state index in [9.17, 15) is 4.79 Å². The third kappa shape index (κ3) is 1.92. The van der Waals surface area contributed by atoms with Crippen LogP contribution in [0.2, 0.25) is 0 Å². The second kappa shape index (κ2) is 4.30. The van der Waals surface area contributed by atoms with Gasteiger partial charge in [-0.2, -0.15) is 0 Å². The number of hydrogen-bond acceptors (Lipinski definition) is 2. The number of piperidine rings is 2. The molecule has 0 aromatic carbocycles. The predicted octanol–water partition coefficient (Wildman–Crippen LogP) is 1.14. The van der Waals surface area contributed by atoms with Gasteiger partial charge in [0.15, 0.2) is 0 Å². The predicted molar refractivity (Wildman–Crippen MR) is 56.1 cm³/mol. The van der Waals surface area contributed by atoms with Crippen molar-refractivity contribution in [3.63, 3.8) is 0 Å². The third-order valence-corrected chi connectivity index (χ3v) is 3.48. The fourth-order valence-corrected chi connectivity index (χ4v) is 2.63. The summed E-state index contributed by atoms with van der Waals surface area (Å²) in [6, 6.07) is 0.933. The molecule has 2 rings (SSSR count). The number of hydrogen-bond donors (Lipinski definition) is 1. The Balaban J connectivity index is 2.00. The van der Waals surface area contributed by atoms with Crippen molar-refractivity contribution in [3.8, 4) is 0 Å². The first kappa shape index (κ1) is 9.97. The van der Waals surface area contributed by atoms with E-state index < -0.39 is 0 Å². The molecule has 0 aliphatic carbocycles. The van der Waals surface area contributed by atoms with Crippen molar-refractivity contribution in [2.75, 3.05) is 13.1 Å². The summed E-state index contributed by atoms with van der Waals surface area (Å²) in [5.41, 5.74) is 0. The molecule has 0 aromatic heterocycles. The van der Waals surface area contributed by atoms with E-state index in [1.54, 1.807) is 0 Å². The highest BCUT2D eigenvalue weighted by Crippen LogP contribution is 2.21. The van der Waals surface area contributed by atoms with Crippen LogP contribution >= 0.6 is 0 Å². The Bertz CT molecular complexity index is 217. The van der Waals surface area contributed by atoms with E-state index in [0.29, 0.717) is 18.0 Å². The van der Waals surface area contributed by atoms with Gasteiger partial charge in [-0.3, -0.25) is 4.79 Å². The quantitative estimate of drug-likeness (QED) is 0.682. The summed E-state index contributed by atoms with van der Waals surface area (Å²) in [5, 5.41) is 3.46. The zero-order valence-corrected chi connectivity index (χ0v) is 8.96. The number of likely N-dealkylation sites (tertiary alicyclic amines) is 1. The molecule has 1 amide bonds. The van der Waals surface area contributed by atoms with Gasteiger partial charge in [-0.1, -0.05) is 0 Å². The first-order chi connectivity index (χ1) is 6.79. The molecule has 0 spiro atoms. The lowest BCUT2D eigenvalue weighted by molar-refractivity contribution is -0.137. The molecule has 0 aromatic rings. The SMILES string of the molecule is CC1NCCCC1N1CCCCC1=O. The first-order valence-electron chi connectivity index (χ1n) is 5.82. The van der Waals surface area contributed by atoms with Gasteiger partial charge in [0, 0.05) is 25.0 Å². The highest BCUT2D eigenvalue weighted by Gasteiger charge is 2.31. The summed E-state index contributed by atoms with van der Waals surface area (Å²) >= 11 is 0. The highest BCUT2D eigenvalue weighted by molar-refractivity contribution is 5.77. The van der Waals surface area contributed by atoms with Crippen molar-refractivity contribution in [2.24, 2.45) is 0 Å². The maximum absolute atomic E-state index is 11.7. The Hall–Kier alpha value is -0.570. The molecule has 2 aliphatic heterocycles. The summed E-state index contributed by atoms with van der Waals surface area (Å²) in [5.74, 6) is 0.372. The summed E-state index contributed by atoms with van der Waals surface area (Å²) < 4.78 is 0. The Labute approximate surface area is 85.8 Å². The molecule has 3 nitrogen and oxygen atoms in total. The summed E-state index contributed by atoms with van der Waals surface area (Å²) in [7, 11) is 0. The number of nitrogens with one attached hydrogen (secondary N) is 1. The smallest absolute Gasteiger partial charge is 0.222 e. The lowest BCUT2D eigenvalue weighted by atomic mass is 9.95. The second-order valence-electron chi connectivity index (χ2n) is 4.50. The first-order valence-corrected chi connectivity index (χ1v) is 5.82. The van der Waals surface area contributed by atoms with Gasteiger partial charge >= 0.3 is 0 Å². The van der Waals surface area contributed by atoms with Crippen molar-refractivity contribution in [3.05, 3.63) is 0 Å². The van der Waals surface area contributed by atoms with Crippen molar-refractivity contribution >= 4 is 5.91 Å². The van der Waals surface area contributed by atoms with Gasteiger partial charge < -0.3 is 10.2 Å².